The van der Waals surface area contributed by atoms with Crippen LogP contribution in [-0.2, 0) is 9.59 Å². The lowest BCUT2D eigenvalue weighted by atomic mass is 9.82. The van der Waals surface area contributed by atoms with Gasteiger partial charge in [-0.25, -0.2) is 0 Å². The molecule has 0 aromatic rings. The van der Waals surface area contributed by atoms with Gasteiger partial charge < -0.3 is 10.2 Å². The van der Waals surface area contributed by atoms with Gasteiger partial charge in [0.1, 0.15) is 11.6 Å². The van der Waals surface area contributed by atoms with Crippen molar-refractivity contribution in [3.63, 3.8) is 0 Å². The summed E-state index contributed by atoms with van der Waals surface area (Å²) in [6.07, 6.45) is 0.860. The molecule has 1 N–H and O–H groups in total. The van der Waals surface area contributed by atoms with Gasteiger partial charge in [-0.15, -0.1) is 0 Å². The van der Waals surface area contributed by atoms with Gasteiger partial charge in [0, 0.05) is 6.54 Å². The molecular weight excluding hydrogens is 216 g/mol. The highest BCUT2D eigenvalue weighted by Crippen LogP contribution is 2.29. The Morgan fingerprint density at radius 1 is 1.29 bits per heavy atom. The molecule has 0 aliphatic carbocycles. The van der Waals surface area contributed by atoms with E-state index < -0.39 is 11.6 Å². The number of carbonyl (C=O) groups excluding carboxylic acids is 2. The van der Waals surface area contributed by atoms with Crippen molar-refractivity contribution in [2.45, 2.75) is 59.5 Å². The third kappa shape index (κ3) is 2.45. The quantitative estimate of drug-likeness (QED) is 0.796. The van der Waals surface area contributed by atoms with E-state index in [0.717, 1.165) is 6.42 Å². The molecule has 0 aromatic heterocycles. The van der Waals surface area contributed by atoms with Crippen LogP contribution >= 0.6 is 0 Å². The average molecular weight is 240 g/mol. The second-order valence-corrected chi connectivity index (χ2v) is 6.32. The summed E-state index contributed by atoms with van der Waals surface area (Å²) >= 11 is 0. The van der Waals surface area contributed by atoms with E-state index in [-0.39, 0.29) is 17.2 Å². The van der Waals surface area contributed by atoms with Gasteiger partial charge in [-0.2, -0.15) is 0 Å². The zero-order valence-corrected chi connectivity index (χ0v) is 11.8. The minimum Gasteiger partial charge on any atom is -0.342 e. The average Bonchev–Trinajstić information content (AvgIpc) is 2.17. The van der Waals surface area contributed by atoms with E-state index in [9.17, 15) is 9.59 Å². The van der Waals surface area contributed by atoms with E-state index in [2.05, 4.69) is 5.32 Å². The first-order valence-corrected chi connectivity index (χ1v) is 6.24. The van der Waals surface area contributed by atoms with Crippen LogP contribution in [0.3, 0.4) is 0 Å². The largest absolute Gasteiger partial charge is 0.342 e. The van der Waals surface area contributed by atoms with Crippen molar-refractivity contribution in [1.82, 2.24) is 10.2 Å². The second kappa shape index (κ2) is 4.31. The van der Waals surface area contributed by atoms with Crippen molar-refractivity contribution in [3.8, 4) is 0 Å². The van der Waals surface area contributed by atoms with Crippen molar-refractivity contribution >= 4 is 11.8 Å². The summed E-state index contributed by atoms with van der Waals surface area (Å²) in [5.41, 5.74) is -0.996. The van der Waals surface area contributed by atoms with Gasteiger partial charge in [0.05, 0.1) is 0 Å². The van der Waals surface area contributed by atoms with E-state index in [1.165, 1.54) is 0 Å². The molecule has 0 spiro atoms. The Bertz CT molecular complexity index is 329. The number of hydrogen-bond donors (Lipinski definition) is 1. The number of hydrogen-bond acceptors (Lipinski definition) is 2. The fourth-order valence-corrected chi connectivity index (χ4v) is 2.12. The molecule has 2 amide bonds. The van der Waals surface area contributed by atoms with Gasteiger partial charge in [-0.1, -0.05) is 27.7 Å². The minimum atomic E-state index is -0.741. The molecular formula is C13H24N2O2. The predicted molar refractivity (Wildman–Crippen MR) is 67.5 cm³/mol. The maximum Gasteiger partial charge on any atom is 0.246 e. The van der Waals surface area contributed by atoms with Gasteiger partial charge in [0.2, 0.25) is 11.8 Å². The summed E-state index contributed by atoms with van der Waals surface area (Å²) in [6, 6.07) is -0.422. The zero-order chi connectivity index (χ0) is 13.4. The molecule has 0 saturated carbocycles. The van der Waals surface area contributed by atoms with Gasteiger partial charge in [-0.3, -0.25) is 9.59 Å². The van der Waals surface area contributed by atoms with Crippen molar-refractivity contribution in [3.05, 3.63) is 0 Å². The maximum absolute atomic E-state index is 12.4. The van der Waals surface area contributed by atoms with Crippen molar-refractivity contribution in [2.75, 3.05) is 6.54 Å². The number of nitrogens with one attached hydrogen (secondary N) is 1. The SMILES string of the molecule is CCCN1C(=O)C(C(C)(C)C)NC(=O)C1(C)C. The Morgan fingerprint density at radius 2 is 1.82 bits per heavy atom. The lowest BCUT2D eigenvalue weighted by Gasteiger charge is -2.47. The minimum absolute atomic E-state index is 0.0314. The molecule has 17 heavy (non-hydrogen) atoms. The first kappa shape index (κ1) is 14.0. The zero-order valence-electron chi connectivity index (χ0n) is 11.8. The summed E-state index contributed by atoms with van der Waals surface area (Å²) < 4.78 is 0. The lowest BCUT2D eigenvalue weighted by molar-refractivity contribution is -0.158. The summed E-state index contributed by atoms with van der Waals surface area (Å²) in [5, 5.41) is 2.85. The normalized spacial score (nSPS) is 24.8. The van der Waals surface area contributed by atoms with Crippen LogP contribution in [0.25, 0.3) is 0 Å². The predicted octanol–water partition coefficient (Wildman–Crippen LogP) is 1.55. The molecule has 0 bridgehead atoms. The summed E-state index contributed by atoms with van der Waals surface area (Å²) in [7, 11) is 0. The molecule has 0 radical (unpaired) electrons. The molecule has 1 fully saturated rings. The number of piperazine rings is 1. The van der Waals surface area contributed by atoms with Gasteiger partial charge >= 0.3 is 0 Å². The number of amides is 2. The third-order valence-corrected chi connectivity index (χ3v) is 3.33. The van der Waals surface area contributed by atoms with E-state index in [1.54, 1.807) is 18.7 Å². The third-order valence-electron chi connectivity index (χ3n) is 3.33. The summed E-state index contributed by atoms with van der Waals surface area (Å²) in [6.45, 7) is 12.2. The fourth-order valence-electron chi connectivity index (χ4n) is 2.12. The first-order chi connectivity index (χ1) is 7.62. The van der Waals surface area contributed by atoms with Crippen molar-refractivity contribution < 1.29 is 9.59 Å². The molecule has 1 aliphatic rings. The molecule has 1 saturated heterocycles. The van der Waals surface area contributed by atoms with E-state index in [4.69, 9.17) is 0 Å². The number of carbonyl (C=O) groups is 2. The van der Waals surface area contributed by atoms with Crippen LogP contribution in [0.1, 0.15) is 48.0 Å². The Morgan fingerprint density at radius 3 is 2.24 bits per heavy atom. The molecule has 4 heteroatoms. The Kier molecular flexibility index (Phi) is 3.55. The van der Waals surface area contributed by atoms with Gasteiger partial charge in [0.15, 0.2) is 0 Å². The Labute approximate surface area is 104 Å². The molecule has 1 heterocycles. The number of rotatable bonds is 2. The van der Waals surface area contributed by atoms with E-state index in [0.29, 0.717) is 6.54 Å². The van der Waals surface area contributed by atoms with Crippen LogP contribution in [0.2, 0.25) is 0 Å². The molecule has 1 atom stereocenters. The topological polar surface area (TPSA) is 49.4 Å². The fraction of sp³-hybridized carbons (Fsp3) is 0.846. The number of nitrogens with zero attached hydrogens (tertiary/aromatic N) is 1. The highest BCUT2D eigenvalue weighted by atomic mass is 16.2. The van der Waals surface area contributed by atoms with Crippen LogP contribution in [0.4, 0.5) is 0 Å². The Hall–Kier alpha value is -1.06. The van der Waals surface area contributed by atoms with Gasteiger partial charge in [-0.05, 0) is 25.7 Å². The van der Waals surface area contributed by atoms with Crippen molar-refractivity contribution in [1.29, 1.82) is 0 Å². The second-order valence-electron chi connectivity index (χ2n) is 6.32. The van der Waals surface area contributed by atoms with Gasteiger partial charge in [0.25, 0.3) is 0 Å². The van der Waals surface area contributed by atoms with E-state index in [1.807, 2.05) is 27.7 Å². The van der Waals surface area contributed by atoms with Crippen LogP contribution in [0, 0.1) is 5.41 Å². The van der Waals surface area contributed by atoms with Crippen LogP contribution in [-0.4, -0.2) is 34.8 Å². The summed E-state index contributed by atoms with van der Waals surface area (Å²) in [4.78, 5) is 26.2. The van der Waals surface area contributed by atoms with Crippen LogP contribution in [0.15, 0.2) is 0 Å². The molecule has 0 aromatic carbocycles. The highest BCUT2D eigenvalue weighted by Gasteiger charge is 2.49. The van der Waals surface area contributed by atoms with Crippen LogP contribution < -0.4 is 5.32 Å². The van der Waals surface area contributed by atoms with Crippen molar-refractivity contribution in [2.24, 2.45) is 5.41 Å². The smallest absolute Gasteiger partial charge is 0.246 e. The lowest BCUT2D eigenvalue weighted by Crippen LogP contribution is -2.70. The highest BCUT2D eigenvalue weighted by molar-refractivity contribution is 5.99. The monoisotopic (exact) mass is 240 g/mol. The molecule has 1 aliphatic heterocycles. The maximum atomic E-state index is 12.4. The molecule has 1 unspecified atom stereocenters. The molecule has 98 valence electrons. The standard InChI is InChI=1S/C13H24N2O2/c1-7-8-15-10(16)9(12(2,3)4)14-11(17)13(15,5)6/h9H,7-8H2,1-6H3,(H,14,17). The van der Waals surface area contributed by atoms with Crippen LogP contribution in [0.5, 0.6) is 0 Å². The summed E-state index contributed by atoms with van der Waals surface area (Å²) in [5.74, 6) is -0.0329. The molecule has 4 nitrogen and oxygen atoms in total. The van der Waals surface area contributed by atoms with E-state index >= 15 is 0 Å². The first-order valence-electron chi connectivity index (χ1n) is 6.24. The molecule has 1 rings (SSSR count). The Balaban J connectivity index is 3.07.